The van der Waals surface area contributed by atoms with Crippen molar-refractivity contribution in [3.63, 3.8) is 0 Å². The first-order valence-corrected chi connectivity index (χ1v) is 4.34. The van der Waals surface area contributed by atoms with Crippen LogP contribution in [-0.4, -0.2) is 10.9 Å². The van der Waals surface area contributed by atoms with Gasteiger partial charge >= 0.3 is 0 Å². The number of halogens is 1. The molecule has 0 unspecified atom stereocenters. The van der Waals surface area contributed by atoms with Gasteiger partial charge in [-0.15, -0.1) is 22.9 Å². The number of thiazole rings is 1. The number of hydrogen-bond acceptors (Lipinski definition) is 2. The van der Waals surface area contributed by atoms with Crippen LogP contribution in [0, 0.1) is 11.8 Å². The molecule has 0 fully saturated rings. The summed E-state index contributed by atoms with van der Waals surface area (Å²) >= 11 is 6.97. The molecule has 0 aliphatic heterocycles. The topological polar surface area (TPSA) is 12.9 Å². The summed E-state index contributed by atoms with van der Waals surface area (Å²) in [6, 6.07) is 0. The van der Waals surface area contributed by atoms with Crippen molar-refractivity contribution in [2.75, 3.05) is 5.88 Å². The highest BCUT2D eigenvalue weighted by molar-refractivity contribution is 7.07. The van der Waals surface area contributed by atoms with E-state index in [1.807, 2.05) is 5.38 Å². The first-order valence-electron chi connectivity index (χ1n) is 2.86. The molecule has 0 aliphatic rings. The SMILES string of the molecule is ClCCC#Cc1cscn1. The van der Waals surface area contributed by atoms with Crippen LogP contribution in [0.5, 0.6) is 0 Å². The van der Waals surface area contributed by atoms with Crippen molar-refractivity contribution in [3.8, 4) is 11.8 Å². The number of hydrogen-bond donors (Lipinski definition) is 0. The van der Waals surface area contributed by atoms with Crippen LogP contribution in [0.15, 0.2) is 10.9 Å². The van der Waals surface area contributed by atoms with Crippen LogP contribution < -0.4 is 0 Å². The summed E-state index contributed by atoms with van der Waals surface area (Å²) in [5.74, 6) is 6.38. The highest BCUT2D eigenvalue weighted by atomic mass is 35.5. The van der Waals surface area contributed by atoms with Gasteiger partial charge in [0.2, 0.25) is 0 Å². The first kappa shape index (κ1) is 7.59. The molecule has 0 aliphatic carbocycles. The second kappa shape index (κ2) is 4.32. The summed E-state index contributed by atoms with van der Waals surface area (Å²) in [5, 5.41) is 1.92. The zero-order valence-electron chi connectivity index (χ0n) is 5.30. The lowest BCUT2D eigenvalue weighted by molar-refractivity contribution is 1.28. The van der Waals surface area contributed by atoms with Crippen molar-refractivity contribution in [2.45, 2.75) is 6.42 Å². The van der Waals surface area contributed by atoms with Gasteiger partial charge in [-0.25, -0.2) is 4.98 Å². The molecule has 0 saturated carbocycles. The summed E-state index contributed by atoms with van der Waals surface area (Å²) < 4.78 is 0. The number of rotatable bonds is 1. The smallest absolute Gasteiger partial charge is 0.124 e. The lowest BCUT2D eigenvalue weighted by atomic mass is 10.4. The highest BCUT2D eigenvalue weighted by Gasteiger charge is 1.83. The van der Waals surface area contributed by atoms with Gasteiger partial charge in [-0.05, 0) is 5.92 Å². The van der Waals surface area contributed by atoms with Gasteiger partial charge in [0.25, 0.3) is 0 Å². The first-order chi connectivity index (χ1) is 4.93. The van der Waals surface area contributed by atoms with Crippen molar-refractivity contribution in [1.29, 1.82) is 0 Å². The minimum atomic E-state index is 0.594. The number of aromatic nitrogens is 1. The largest absolute Gasteiger partial charge is 0.236 e. The molecular weight excluding hydrogens is 166 g/mol. The van der Waals surface area contributed by atoms with E-state index >= 15 is 0 Å². The van der Waals surface area contributed by atoms with Gasteiger partial charge in [-0.3, -0.25) is 0 Å². The van der Waals surface area contributed by atoms with Crippen LogP contribution in [-0.2, 0) is 0 Å². The molecule has 0 aromatic carbocycles. The predicted molar refractivity (Wildman–Crippen MR) is 44.3 cm³/mol. The molecule has 10 heavy (non-hydrogen) atoms. The minimum absolute atomic E-state index is 0.594. The molecule has 1 rings (SSSR count). The normalized spacial score (nSPS) is 8.50. The van der Waals surface area contributed by atoms with Crippen LogP contribution in [0.2, 0.25) is 0 Å². The van der Waals surface area contributed by atoms with Crippen molar-refractivity contribution in [1.82, 2.24) is 4.98 Å². The fourth-order valence-corrected chi connectivity index (χ4v) is 1.05. The Bertz CT molecular complexity index is 232. The van der Waals surface area contributed by atoms with E-state index in [-0.39, 0.29) is 0 Å². The van der Waals surface area contributed by atoms with Crippen molar-refractivity contribution in [2.24, 2.45) is 0 Å². The minimum Gasteiger partial charge on any atom is -0.236 e. The quantitative estimate of drug-likeness (QED) is 0.466. The van der Waals surface area contributed by atoms with Crippen molar-refractivity contribution >= 4 is 22.9 Å². The van der Waals surface area contributed by atoms with E-state index in [1.54, 1.807) is 16.8 Å². The van der Waals surface area contributed by atoms with Crippen LogP contribution in [0.1, 0.15) is 12.1 Å². The molecular formula is C7H6ClNS. The Labute approximate surface area is 69.1 Å². The summed E-state index contributed by atoms with van der Waals surface area (Å²) in [6.07, 6.45) is 0.735. The molecule has 1 nitrogen and oxygen atoms in total. The molecule has 0 atom stereocenters. The second-order valence-electron chi connectivity index (χ2n) is 1.61. The number of nitrogens with zero attached hydrogens (tertiary/aromatic N) is 1. The maximum atomic E-state index is 5.42. The van der Waals surface area contributed by atoms with Gasteiger partial charge in [0.15, 0.2) is 0 Å². The fourth-order valence-electron chi connectivity index (χ4n) is 0.475. The lowest BCUT2D eigenvalue weighted by Crippen LogP contribution is -1.71. The summed E-state index contributed by atoms with van der Waals surface area (Å²) in [7, 11) is 0. The van der Waals surface area contributed by atoms with Gasteiger partial charge in [0.05, 0.1) is 5.51 Å². The van der Waals surface area contributed by atoms with Gasteiger partial charge < -0.3 is 0 Å². The summed E-state index contributed by atoms with van der Waals surface area (Å²) in [4.78, 5) is 3.99. The Morgan fingerprint density at radius 3 is 3.20 bits per heavy atom. The molecule has 0 spiro atoms. The maximum Gasteiger partial charge on any atom is 0.124 e. The summed E-state index contributed by atoms with van der Waals surface area (Å²) in [5.41, 5.74) is 2.61. The Morgan fingerprint density at radius 1 is 1.70 bits per heavy atom. The van der Waals surface area contributed by atoms with E-state index in [0.717, 1.165) is 12.1 Å². The monoisotopic (exact) mass is 171 g/mol. The van der Waals surface area contributed by atoms with Gasteiger partial charge in [-0.1, -0.05) is 5.92 Å². The van der Waals surface area contributed by atoms with E-state index in [9.17, 15) is 0 Å². The Kier molecular flexibility index (Phi) is 3.28. The molecule has 0 bridgehead atoms. The van der Waals surface area contributed by atoms with Crippen molar-refractivity contribution in [3.05, 3.63) is 16.6 Å². The van der Waals surface area contributed by atoms with Crippen LogP contribution in [0.4, 0.5) is 0 Å². The molecule has 1 aromatic heterocycles. The van der Waals surface area contributed by atoms with Gasteiger partial charge in [-0.2, -0.15) is 0 Å². The predicted octanol–water partition coefficient (Wildman–Crippen LogP) is 2.12. The standard InChI is InChI=1S/C7H6ClNS/c8-4-2-1-3-7-5-10-6-9-7/h5-6H,2,4H2. The average Bonchev–Trinajstić information content (AvgIpc) is 2.41. The van der Waals surface area contributed by atoms with E-state index in [4.69, 9.17) is 11.6 Å². The number of alkyl halides is 1. The Morgan fingerprint density at radius 2 is 2.60 bits per heavy atom. The Hall–Kier alpha value is -0.520. The van der Waals surface area contributed by atoms with E-state index in [0.29, 0.717) is 5.88 Å². The third-order valence-electron chi connectivity index (χ3n) is 0.868. The Balaban J connectivity index is 2.49. The zero-order chi connectivity index (χ0) is 7.23. The molecule has 0 N–H and O–H groups in total. The molecule has 1 aromatic rings. The zero-order valence-corrected chi connectivity index (χ0v) is 6.87. The fraction of sp³-hybridized carbons (Fsp3) is 0.286. The van der Waals surface area contributed by atoms with Crippen LogP contribution in [0.25, 0.3) is 0 Å². The van der Waals surface area contributed by atoms with E-state index in [2.05, 4.69) is 16.8 Å². The van der Waals surface area contributed by atoms with Gasteiger partial charge in [0.1, 0.15) is 5.69 Å². The molecule has 3 heteroatoms. The molecule has 0 radical (unpaired) electrons. The van der Waals surface area contributed by atoms with Crippen LogP contribution >= 0.6 is 22.9 Å². The third kappa shape index (κ3) is 2.38. The third-order valence-corrected chi connectivity index (χ3v) is 1.64. The molecule has 0 saturated heterocycles. The summed E-state index contributed by atoms with van der Waals surface area (Å²) in [6.45, 7) is 0. The van der Waals surface area contributed by atoms with E-state index < -0.39 is 0 Å². The molecule has 0 amide bonds. The van der Waals surface area contributed by atoms with Gasteiger partial charge in [0, 0.05) is 17.7 Å². The van der Waals surface area contributed by atoms with E-state index in [1.165, 1.54) is 0 Å². The highest BCUT2D eigenvalue weighted by Crippen LogP contribution is 1.97. The maximum absolute atomic E-state index is 5.42. The second-order valence-corrected chi connectivity index (χ2v) is 2.71. The molecule has 52 valence electrons. The lowest BCUT2D eigenvalue weighted by Gasteiger charge is -1.75. The van der Waals surface area contributed by atoms with Crippen molar-refractivity contribution < 1.29 is 0 Å². The molecule has 1 heterocycles. The van der Waals surface area contributed by atoms with Crippen LogP contribution in [0.3, 0.4) is 0 Å². The average molecular weight is 172 g/mol.